The second-order valence-electron chi connectivity index (χ2n) is 6.06. The van der Waals surface area contributed by atoms with E-state index in [-0.39, 0.29) is 28.5 Å². The van der Waals surface area contributed by atoms with Crippen molar-refractivity contribution in [3.63, 3.8) is 0 Å². The Balaban J connectivity index is 1.51. The number of phenolic OH excluding ortho intramolecular Hbond substituents is 2. The highest BCUT2D eigenvalue weighted by Gasteiger charge is 2.51. The quantitative estimate of drug-likeness (QED) is 0.305. The number of hydrogen-bond donors (Lipinski definition) is 4. The summed E-state index contributed by atoms with van der Waals surface area (Å²) in [5, 5.41) is 37.0. The van der Waals surface area contributed by atoms with Crippen LogP contribution in [0.4, 0.5) is 0 Å². The van der Waals surface area contributed by atoms with Gasteiger partial charge in [-0.2, -0.15) is 0 Å². The summed E-state index contributed by atoms with van der Waals surface area (Å²) in [5.74, 6) is -1.14. The lowest BCUT2D eigenvalue weighted by molar-refractivity contribution is -0.147. The number of nitrogens with two attached hydrogens (primary N) is 1. The predicted molar refractivity (Wildman–Crippen MR) is 105 cm³/mol. The Hall–Kier alpha value is -2.28. The van der Waals surface area contributed by atoms with Gasteiger partial charge in [0.25, 0.3) is 0 Å². The molecule has 1 unspecified atom stereocenters. The van der Waals surface area contributed by atoms with Crippen molar-refractivity contribution in [2.45, 2.75) is 15.8 Å². The van der Waals surface area contributed by atoms with Crippen LogP contribution in [0, 0.1) is 0 Å². The zero-order chi connectivity index (χ0) is 20.0. The van der Waals surface area contributed by atoms with E-state index in [4.69, 9.17) is 5.73 Å². The van der Waals surface area contributed by atoms with E-state index in [2.05, 4.69) is 10.2 Å². The van der Waals surface area contributed by atoms with Crippen molar-refractivity contribution in [3.8, 4) is 22.1 Å². The zero-order valence-electron chi connectivity index (χ0n) is 14.1. The number of aromatic nitrogens is 2. The van der Waals surface area contributed by atoms with E-state index in [0.717, 1.165) is 0 Å². The molecule has 2 atom stereocenters. The number of aromatic hydroxyl groups is 2. The molecule has 0 saturated carbocycles. The minimum Gasteiger partial charge on any atom is -0.504 e. The molecule has 1 aromatic heterocycles. The fraction of sp³-hybridized carbons (Fsp3) is 0.250. The van der Waals surface area contributed by atoms with Gasteiger partial charge < -0.3 is 21.1 Å². The first-order chi connectivity index (χ1) is 13.4. The van der Waals surface area contributed by atoms with Crippen LogP contribution in [0.3, 0.4) is 0 Å². The minimum atomic E-state index is -1.14. The van der Waals surface area contributed by atoms with Gasteiger partial charge in [-0.05, 0) is 23.8 Å². The first-order valence-corrected chi connectivity index (χ1v) is 10.9. The standard InChI is InChI=1S/C16H14N4O5S3/c17-10-13(23)20-11(15(24)25)7(4-26-14(10)20)5-27-16-19-18-12(28-16)6-1-2-8(21)9(22)3-6/h1-3,10,14,21-22H,4-5,17H2,(H,24,25)/t10?,14-/m1/s1. The maximum absolute atomic E-state index is 12.0. The van der Waals surface area contributed by atoms with Crippen LogP contribution in [0.25, 0.3) is 10.6 Å². The monoisotopic (exact) mass is 438 g/mol. The molecule has 0 aliphatic carbocycles. The Morgan fingerprint density at radius 2 is 2.11 bits per heavy atom. The molecule has 2 aromatic rings. The number of rotatable bonds is 5. The largest absolute Gasteiger partial charge is 0.504 e. The third-order valence-corrected chi connectivity index (χ3v) is 7.84. The highest BCUT2D eigenvalue weighted by Crippen LogP contribution is 2.41. The van der Waals surface area contributed by atoms with Gasteiger partial charge >= 0.3 is 5.97 Å². The van der Waals surface area contributed by atoms with Crippen molar-refractivity contribution < 1.29 is 24.9 Å². The molecule has 2 aliphatic heterocycles. The number of thioether (sulfide) groups is 2. The topological polar surface area (TPSA) is 150 Å². The predicted octanol–water partition coefficient (Wildman–Crippen LogP) is 1.29. The normalized spacial score (nSPS) is 21.5. The summed E-state index contributed by atoms with van der Waals surface area (Å²) in [6, 6.07) is 3.73. The van der Waals surface area contributed by atoms with Gasteiger partial charge in [-0.3, -0.25) is 9.69 Å². The second kappa shape index (κ2) is 7.28. The summed E-state index contributed by atoms with van der Waals surface area (Å²) in [6.45, 7) is 0. The minimum absolute atomic E-state index is 0.0103. The van der Waals surface area contributed by atoms with Gasteiger partial charge in [0.1, 0.15) is 22.1 Å². The number of fused-ring (bicyclic) bond motifs is 1. The van der Waals surface area contributed by atoms with Crippen LogP contribution in [0.1, 0.15) is 0 Å². The van der Waals surface area contributed by atoms with E-state index in [0.29, 0.717) is 32.0 Å². The maximum atomic E-state index is 12.0. The third kappa shape index (κ3) is 3.21. The molecule has 12 heteroatoms. The van der Waals surface area contributed by atoms with E-state index in [1.54, 1.807) is 6.07 Å². The van der Waals surface area contributed by atoms with Crippen LogP contribution in [0.15, 0.2) is 33.8 Å². The Morgan fingerprint density at radius 1 is 1.32 bits per heavy atom. The molecule has 1 aromatic carbocycles. The second-order valence-corrected chi connectivity index (χ2v) is 9.36. The van der Waals surface area contributed by atoms with E-state index in [9.17, 15) is 24.9 Å². The number of benzene rings is 1. The third-order valence-electron chi connectivity index (χ3n) is 4.29. The molecule has 9 nitrogen and oxygen atoms in total. The van der Waals surface area contributed by atoms with Gasteiger partial charge in [-0.1, -0.05) is 23.1 Å². The molecular weight excluding hydrogens is 424 g/mol. The lowest BCUT2D eigenvalue weighted by Crippen LogP contribution is -2.68. The smallest absolute Gasteiger partial charge is 0.352 e. The number of hydrogen-bond acceptors (Lipinski definition) is 10. The number of phenols is 2. The lowest BCUT2D eigenvalue weighted by atomic mass is 10.0. The molecule has 4 rings (SSSR count). The highest BCUT2D eigenvalue weighted by molar-refractivity contribution is 8.01. The number of amides is 1. The van der Waals surface area contributed by atoms with Crippen LogP contribution in [0.2, 0.25) is 0 Å². The lowest BCUT2D eigenvalue weighted by Gasteiger charge is -2.48. The summed E-state index contributed by atoms with van der Waals surface area (Å²) in [6.07, 6.45) is 0. The van der Waals surface area contributed by atoms with Crippen molar-refractivity contribution in [1.82, 2.24) is 15.1 Å². The molecule has 28 heavy (non-hydrogen) atoms. The molecule has 1 fully saturated rings. The highest BCUT2D eigenvalue weighted by atomic mass is 32.2. The first-order valence-electron chi connectivity index (χ1n) is 8.01. The molecule has 2 aliphatic rings. The fourth-order valence-corrected chi connectivity index (χ4v) is 6.16. The Kier molecular flexibility index (Phi) is 4.95. The Labute approximate surface area is 171 Å². The number of nitrogens with zero attached hydrogens (tertiary/aromatic N) is 3. The van der Waals surface area contributed by atoms with Gasteiger partial charge in [0.15, 0.2) is 15.8 Å². The van der Waals surface area contributed by atoms with Crippen molar-refractivity contribution in [1.29, 1.82) is 0 Å². The summed E-state index contributed by atoms with van der Waals surface area (Å²) in [5.41, 5.74) is 7.00. The van der Waals surface area contributed by atoms with Crippen LogP contribution >= 0.6 is 34.9 Å². The summed E-state index contributed by atoms with van der Waals surface area (Å²) in [4.78, 5) is 24.9. The average molecular weight is 439 g/mol. The first kappa shape index (κ1) is 19.1. The van der Waals surface area contributed by atoms with Gasteiger partial charge in [0.05, 0.1) is 0 Å². The van der Waals surface area contributed by atoms with Crippen molar-refractivity contribution in [2.24, 2.45) is 5.73 Å². The van der Waals surface area contributed by atoms with Crippen molar-refractivity contribution >= 4 is 46.7 Å². The van der Waals surface area contributed by atoms with Crippen molar-refractivity contribution in [3.05, 3.63) is 29.5 Å². The summed E-state index contributed by atoms with van der Waals surface area (Å²) in [7, 11) is 0. The SMILES string of the molecule is NC1C(=O)N2C(C(=O)O)=C(CSc3nnc(-c4ccc(O)c(O)c4)s3)CS[C@H]12. The molecule has 1 saturated heterocycles. The van der Waals surface area contributed by atoms with Gasteiger partial charge in [-0.25, -0.2) is 4.79 Å². The van der Waals surface area contributed by atoms with Crippen LogP contribution < -0.4 is 5.73 Å². The van der Waals surface area contributed by atoms with E-state index in [1.807, 2.05) is 0 Å². The zero-order valence-corrected chi connectivity index (χ0v) is 16.6. The van der Waals surface area contributed by atoms with E-state index in [1.165, 1.54) is 51.9 Å². The van der Waals surface area contributed by atoms with Gasteiger partial charge in [-0.15, -0.1) is 22.0 Å². The number of carbonyl (C=O) groups is 2. The fourth-order valence-electron chi connectivity index (χ4n) is 2.88. The van der Waals surface area contributed by atoms with Gasteiger partial charge in [0, 0.05) is 17.1 Å². The molecule has 5 N–H and O–H groups in total. The molecule has 0 bridgehead atoms. The molecule has 0 spiro atoms. The summed E-state index contributed by atoms with van der Waals surface area (Å²) < 4.78 is 0.624. The Morgan fingerprint density at radius 3 is 2.82 bits per heavy atom. The van der Waals surface area contributed by atoms with Crippen LogP contribution in [-0.4, -0.2) is 65.2 Å². The molecule has 0 radical (unpaired) electrons. The van der Waals surface area contributed by atoms with Gasteiger partial charge in [0.2, 0.25) is 5.91 Å². The van der Waals surface area contributed by atoms with Crippen LogP contribution in [0.5, 0.6) is 11.5 Å². The molecule has 3 heterocycles. The van der Waals surface area contributed by atoms with E-state index < -0.39 is 12.0 Å². The average Bonchev–Trinajstić information content (AvgIpc) is 3.16. The maximum Gasteiger partial charge on any atom is 0.352 e. The number of aliphatic carboxylic acids is 1. The van der Waals surface area contributed by atoms with Crippen molar-refractivity contribution in [2.75, 3.05) is 11.5 Å². The number of β-lactam (4-membered cyclic amide) rings is 1. The Bertz CT molecular complexity index is 1010. The van der Waals surface area contributed by atoms with E-state index >= 15 is 0 Å². The number of carboxylic acid groups (broad SMARTS) is 1. The summed E-state index contributed by atoms with van der Waals surface area (Å²) >= 11 is 4.07. The molecule has 146 valence electrons. The molecule has 1 amide bonds. The number of carbonyl (C=O) groups excluding carboxylic acids is 1. The van der Waals surface area contributed by atoms with Crippen LogP contribution in [-0.2, 0) is 9.59 Å². The number of carboxylic acids is 1. The molecular formula is C16H14N4O5S3.